The molecule has 25 heavy (non-hydrogen) atoms. The summed E-state index contributed by atoms with van der Waals surface area (Å²) in [7, 11) is 0. The lowest BCUT2D eigenvalue weighted by atomic mass is 9.94. The van der Waals surface area contributed by atoms with E-state index in [0.717, 1.165) is 19.4 Å². The van der Waals surface area contributed by atoms with Crippen molar-refractivity contribution in [3.05, 3.63) is 45.6 Å². The maximum Gasteiger partial charge on any atom is 0.293 e. The van der Waals surface area contributed by atoms with Crippen molar-refractivity contribution in [2.45, 2.75) is 33.1 Å². The van der Waals surface area contributed by atoms with E-state index in [1.807, 2.05) is 4.90 Å². The molecule has 1 aliphatic rings. The molecule has 0 N–H and O–H groups in total. The number of aryl methyl sites for hydroxylation is 1. The van der Waals surface area contributed by atoms with Gasteiger partial charge in [-0.1, -0.05) is 5.16 Å². The predicted octanol–water partition coefficient (Wildman–Crippen LogP) is 2.95. The molecule has 8 heteroatoms. The lowest BCUT2D eigenvalue weighted by Gasteiger charge is -2.33. The molecule has 8 nitrogen and oxygen atoms in total. The summed E-state index contributed by atoms with van der Waals surface area (Å²) in [4.78, 5) is 28.8. The number of rotatable bonds is 5. The fourth-order valence-corrected chi connectivity index (χ4v) is 3.29. The van der Waals surface area contributed by atoms with E-state index in [1.54, 1.807) is 19.1 Å². The molecular weight excluding hydrogens is 324 g/mol. The molecule has 1 fully saturated rings. The number of nitro groups is 1. The van der Waals surface area contributed by atoms with Crippen molar-refractivity contribution in [3.63, 3.8) is 0 Å². The zero-order chi connectivity index (χ0) is 18.0. The van der Waals surface area contributed by atoms with E-state index in [9.17, 15) is 14.9 Å². The smallest absolute Gasteiger partial charge is 0.293 e. The second kappa shape index (κ2) is 7.00. The molecule has 2 heterocycles. The molecule has 0 saturated carbocycles. The van der Waals surface area contributed by atoms with E-state index in [-0.39, 0.29) is 11.5 Å². The lowest BCUT2D eigenvalue weighted by Crippen LogP contribution is -2.36. The quantitative estimate of drug-likeness (QED) is 0.467. The number of hydrogen-bond acceptors (Lipinski definition) is 7. The van der Waals surface area contributed by atoms with Crippen LogP contribution in [-0.4, -0.2) is 33.9 Å². The Kier molecular flexibility index (Phi) is 4.78. The number of carbonyl (C=O) groups is 1. The van der Waals surface area contributed by atoms with E-state index >= 15 is 0 Å². The second-order valence-corrected chi connectivity index (χ2v) is 6.40. The Balaban J connectivity index is 1.80. The summed E-state index contributed by atoms with van der Waals surface area (Å²) < 4.78 is 5.01. The third-order valence-electron chi connectivity index (χ3n) is 4.48. The SMILES string of the molecule is CC(=O)c1ccc(N2CCCC(Cc3noc(C)n3)C2)c([N+](=O)[O-])c1. The zero-order valence-corrected chi connectivity index (χ0v) is 14.3. The molecule has 0 bridgehead atoms. The van der Waals surface area contributed by atoms with Crippen molar-refractivity contribution in [2.75, 3.05) is 18.0 Å². The first-order chi connectivity index (χ1) is 11.9. The van der Waals surface area contributed by atoms with Crippen molar-refractivity contribution >= 4 is 17.2 Å². The normalized spacial score (nSPS) is 17.5. The van der Waals surface area contributed by atoms with E-state index in [2.05, 4.69) is 10.1 Å². The van der Waals surface area contributed by atoms with Crippen LogP contribution in [0.2, 0.25) is 0 Å². The second-order valence-electron chi connectivity index (χ2n) is 6.40. The minimum Gasteiger partial charge on any atom is -0.366 e. The van der Waals surface area contributed by atoms with Crippen LogP contribution in [0.25, 0.3) is 0 Å². The number of aromatic nitrogens is 2. The average molecular weight is 344 g/mol. The molecule has 1 aromatic heterocycles. The van der Waals surface area contributed by atoms with Gasteiger partial charge in [0.2, 0.25) is 5.89 Å². The Morgan fingerprint density at radius 3 is 2.92 bits per heavy atom. The molecule has 1 aliphatic heterocycles. The standard InChI is InChI=1S/C17H20N4O4/c1-11(22)14-5-6-15(16(9-14)21(23)24)20-7-3-4-13(10-20)8-17-18-12(2)25-19-17/h5-6,9,13H,3-4,7-8,10H2,1-2H3. The number of anilines is 1. The van der Waals surface area contributed by atoms with E-state index in [0.29, 0.717) is 41.8 Å². The Morgan fingerprint density at radius 1 is 1.48 bits per heavy atom. The predicted molar refractivity (Wildman–Crippen MR) is 90.8 cm³/mol. The van der Waals surface area contributed by atoms with Crippen molar-refractivity contribution in [3.8, 4) is 0 Å². The van der Waals surface area contributed by atoms with Gasteiger partial charge in [-0.3, -0.25) is 14.9 Å². The van der Waals surface area contributed by atoms with Gasteiger partial charge in [0.25, 0.3) is 5.69 Å². The number of benzene rings is 1. The van der Waals surface area contributed by atoms with Crippen molar-refractivity contribution in [1.29, 1.82) is 0 Å². The Labute approximate surface area is 145 Å². The number of carbonyl (C=O) groups excluding carboxylic acids is 1. The Bertz CT molecular complexity index is 802. The number of hydrogen-bond donors (Lipinski definition) is 0. The van der Waals surface area contributed by atoms with Gasteiger partial charge in [-0.15, -0.1) is 0 Å². The first kappa shape index (κ1) is 17.1. The van der Waals surface area contributed by atoms with Crippen LogP contribution >= 0.6 is 0 Å². The molecule has 132 valence electrons. The van der Waals surface area contributed by atoms with Crippen LogP contribution < -0.4 is 4.90 Å². The largest absolute Gasteiger partial charge is 0.366 e. The molecule has 0 radical (unpaired) electrons. The van der Waals surface area contributed by atoms with Gasteiger partial charge in [-0.25, -0.2) is 0 Å². The van der Waals surface area contributed by atoms with Crippen LogP contribution in [0.4, 0.5) is 11.4 Å². The lowest BCUT2D eigenvalue weighted by molar-refractivity contribution is -0.384. The molecule has 0 aliphatic carbocycles. The highest BCUT2D eigenvalue weighted by Gasteiger charge is 2.27. The van der Waals surface area contributed by atoms with Crippen LogP contribution in [0.15, 0.2) is 22.7 Å². The summed E-state index contributed by atoms with van der Waals surface area (Å²) in [5.74, 6) is 1.33. The van der Waals surface area contributed by atoms with Gasteiger partial charge in [0.05, 0.1) is 4.92 Å². The molecular formula is C17H20N4O4. The van der Waals surface area contributed by atoms with Crippen LogP contribution in [0.5, 0.6) is 0 Å². The average Bonchev–Trinajstić information content (AvgIpc) is 2.99. The van der Waals surface area contributed by atoms with Gasteiger partial charge in [0.15, 0.2) is 11.6 Å². The third kappa shape index (κ3) is 3.84. The summed E-state index contributed by atoms with van der Waals surface area (Å²) >= 11 is 0. The van der Waals surface area contributed by atoms with Crippen LogP contribution in [0.1, 0.15) is 41.8 Å². The minimum atomic E-state index is -0.423. The van der Waals surface area contributed by atoms with Crippen LogP contribution in [-0.2, 0) is 6.42 Å². The van der Waals surface area contributed by atoms with Gasteiger partial charge in [-0.2, -0.15) is 4.98 Å². The maximum absolute atomic E-state index is 11.5. The molecule has 2 aromatic rings. The fourth-order valence-electron chi connectivity index (χ4n) is 3.29. The van der Waals surface area contributed by atoms with Gasteiger partial charge >= 0.3 is 0 Å². The first-order valence-corrected chi connectivity index (χ1v) is 8.27. The molecule has 1 atom stereocenters. The van der Waals surface area contributed by atoms with Crippen molar-refractivity contribution < 1.29 is 14.2 Å². The summed E-state index contributed by atoms with van der Waals surface area (Å²) in [5.41, 5.74) is 0.888. The summed E-state index contributed by atoms with van der Waals surface area (Å²) in [6.45, 7) is 4.60. The Hall–Kier alpha value is -2.77. The monoisotopic (exact) mass is 344 g/mol. The van der Waals surface area contributed by atoms with Crippen molar-refractivity contribution in [2.24, 2.45) is 5.92 Å². The first-order valence-electron chi connectivity index (χ1n) is 8.27. The molecule has 1 unspecified atom stereocenters. The Morgan fingerprint density at radius 2 is 2.28 bits per heavy atom. The summed E-state index contributed by atoms with van der Waals surface area (Å²) in [6, 6.07) is 4.69. The summed E-state index contributed by atoms with van der Waals surface area (Å²) in [5, 5.41) is 15.4. The minimum absolute atomic E-state index is 0.0243. The van der Waals surface area contributed by atoms with E-state index < -0.39 is 4.92 Å². The van der Waals surface area contributed by atoms with Gasteiger partial charge < -0.3 is 9.42 Å². The molecule has 1 saturated heterocycles. The van der Waals surface area contributed by atoms with Crippen molar-refractivity contribution in [1.82, 2.24) is 10.1 Å². The summed E-state index contributed by atoms with van der Waals surface area (Å²) in [6.07, 6.45) is 2.64. The van der Waals surface area contributed by atoms with Gasteiger partial charge in [-0.05, 0) is 37.8 Å². The number of nitro benzene ring substituents is 1. The maximum atomic E-state index is 11.5. The highest BCUT2D eigenvalue weighted by molar-refractivity contribution is 5.95. The van der Waals surface area contributed by atoms with Gasteiger partial charge in [0, 0.05) is 38.1 Å². The number of ketones is 1. The number of piperidine rings is 1. The van der Waals surface area contributed by atoms with E-state index in [4.69, 9.17) is 4.52 Å². The highest BCUT2D eigenvalue weighted by atomic mass is 16.6. The highest BCUT2D eigenvalue weighted by Crippen LogP contribution is 2.33. The zero-order valence-electron chi connectivity index (χ0n) is 14.3. The van der Waals surface area contributed by atoms with Crippen LogP contribution in [0, 0.1) is 23.0 Å². The van der Waals surface area contributed by atoms with Crippen LogP contribution in [0.3, 0.4) is 0 Å². The molecule has 0 spiro atoms. The van der Waals surface area contributed by atoms with E-state index in [1.165, 1.54) is 13.0 Å². The third-order valence-corrected chi connectivity index (χ3v) is 4.48. The molecule has 3 rings (SSSR count). The van der Waals surface area contributed by atoms with Gasteiger partial charge in [0.1, 0.15) is 5.69 Å². The number of Topliss-reactive ketones (excluding diaryl/α,β-unsaturated/α-hetero) is 1. The fraction of sp³-hybridized carbons (Fsp3) is 0.471. The molecule has 0 amide bonds. The number of nitrogens with zero attached hydrogens (tertiary/aromatic N) is 4. The topological polar surface area (TPSA) is 102 Å². The molecule has 1 aromatic carbocycles.